The summed E-state index contributed by atoms with van der Waals surface area (Å²) < 4.78 is 41.0. The van der Waals surface area contributed by atoms with Gasteiger partial charge in [-0.1, -0.05) is 0 Å². The minimum Gasteiger partial charge on any atom is -0.481 e. The molecule has 96 valence electrons. The summed E-state index contributed by atoms with van der Waals surface area (Å²) in [6.07, 6.45) is -2.29. The van der Waals surface area contributed by atoms with Crippen molar-refractivity contribution in [3.63, 3.8) is 0 Å². The van der Waals surface area contributed by atoms with Gasteiger partial charge in [0.2, 0.25) is 0 Å². The molecule has 0 unspecified atom stereocenters. The maximum atomic E-state index is 11.9. The Morgan fingerprint density at radius 3 is 2.59 bits per heavy atom. The minimum atomic E-state index is -4.44. The zero-order valence-corrected chi connectivity index (χ0v) is 9.15. The van der Waals surface area contributed by atoms with E-state index in [0.717, 1.165) is 17.1 Å². The van der Waals surface area contributed by atoms with E-state index >= 15 is 0 Å². The molecule has 0 atom stereocenters. The molecule has 1 aromatic heterocycles. The molecular weight excluding hydrogens is 241 g/mol. The summed E-state index contributed by atoms with van der Waals surface area (Å²) in [7, 11) is 0. The molecule has 0 radical (unpaired) electrons. The first-order valence-electron chi connectivity index (χ1n) is 4.61. The van der Waals surface area contributed by atoms with Gasteiger partial charge in [0.15, 0.2) is 17.9 Å². The molecule has 0 aliphatic rings. The van der Waals surface area contributed by atoms with Crippen molar-refractivity contribution in [1.29, 1.82) is 0 Å². The highest BCUT2D eigenvalue weighted by Crippen LogP contribution is 2.21. The molecule has 0 amide bonds. The summed E-state index contributed by atoms with van der Waals surface area (Å²) in [5, 5.41) is 12.5. The quantitative estimate of drug-likeness (QED) is 0.884. The molecule has 1 heterocycles. The van der Waals surface area contributed by atoms with Crippen LogP contribution in [-0.2, 0) is 10.3 Å². The van der Waals surface area contributed by atoms with Crippen LogP contribution in [0.15, 0.2) is 12.4 Å². The van der Waals surface area contributed by atoms with Crippen LogP contribution in [0.4, 0.5) is 13.2 Å². The van der Waals surface area contributed by atoms with E-state index < -0.39 is 24.3 Å². The number of carbonyl (C=O) groups is 1. The van der Waals surface area contributed by atoms with Crippen LogP contribution in [0.1, 0.15) is 13.8 Å². The Morgan fingerprint density at radius 1 is 1.53 bits per heavy atom. The molecule has 0 aromatic carbocycles. The van der Waals surface area contributed by atoms with Crippen LogP contribution in [0.25, 0.3) is 0 Å². The average Bonchev–Trinajstić information content (AvgIpc) is 2.62. The van der Waals surface area contributed by atoms with E-state index in [0.29, 0.717) is 0 Å². The molecule has 1 rings (SSSR count). The van der Waals surface area contributed by atoms with Gasteiger partial charge in [0.05, 0.1) is 12.4 Å². The van der Waals surface area contributed by atoms with Gasteiger partial charge in [0.25, 0.3) is 0 Å². The molecular formula is C9H11F3N2O3. The fraction of sp³-hybridized carbons (Fsp3) is 0.556. The Hall–Kier alpha value is -1.73. The molecule has 0 bridgehead atoms. The van der Waals surface area contributed by atoms with Gasteiger partial charge >= 0.3 is 12.1 Å². The van der Waals surface area contributed by atoms with E-state index in [9.17, 15) is 18.0 Å². The Kier molecular flexibility index (Phi) is 3.35. The zero-order valence-electron chi connectivity index (χ0n) is 9.15. The van der Waals surface area contributed by atoms with Crippen LogP contribution in [0, 0.1) is 0 Å². The lowest BCUT2D eigenvalue weighted by atomic mass is 10.1. The van der Waals surface area contributed by atoms with E-state index in [1.165, 1.54) is 13.8 Å². The number of carboxylic acids is 1. The number of halogens is 3. The summed E-state index contributed by atoms with van der Waals surface area (Å²) in [5.74, 6) is -1.28. The molecule has 5 nitrogen and oxygen atoms in total. The van der Waals surface area contributed by atoms with Gasteiger partial charge in [0.1, 0.15) is 0 Å². The number of aromatic nitrogens is 2. The lowest BCUT2D eigenvalue weighted by molar-refractivity contribution is -0.153. The average molecular weight is 252 g/mol. The first-order valence-corrected chi connectivity index (χ1v) is 4.61. The standard InChI is InChI=1S/C9H11F3N2O3/c1-8(2,7(15)16)14-4-6(3-13-14)17-5-9(10,11)12/h3-4H,5H2,1-2H3,(H,15,16). The van der Waals surface area contributed by atoms with Crippen molar-refractivity contribution in [3.8, 4) is 5.75 Å². The van der Waals surface area contributed by atoms with Crippen molar-refractivity contribution >= 4 is 5.97 Å². The Bertz CT molecular complexity index is 412. The van der Waals surface area contributed by atoms with Gasteiger partial charge in [0, 0.05) is 0 Å². The molecule has 0 saturated heterocycles. The van der Waals surface area contributed by atoms with E-state index in [-0.39, 0.29) is 5.75 Å². The van der Waals surface area contributed by atoms with Crippen LogP contribution in [0.5, 0.6) is 5.75 Å². The second-order valence-electron chi connectivity index (χ2n) is 3.89. The highest BCUT2D eigenvalue weighted by Gasteiger charge is 2.31. The number of aliphatic carboxylic acids is 1. The predicted octanol–water partition coefficient (Wildman–Crippen LogP) is 1.64. The third-order valence-electron chi connectivity index (χ3n) is 2.06. The normalized spacial score (nSPS) is 12.5. The van der Waals surface area contributed by atoms with Gasteiger partial charge in [-0.15, -0.1) is 0 Å². The third kappa shape index (κ3) is 3.36. The van der Waals surface area contributed by atoms with Gasteiger partial charge in [-0.2, -0.15) is 18.3 Å². The summed E-state index contributed by atoms with van der Waals surface area (Å²) in [4.78, 5) is 10.9. The van der Waals surface area contributed by atoms with Gasteiger partial charge in [-0.25, -0.2) is 4.79 Å². The van der Waals surface area contributed by atoms with Crippen molar-refractivity contribution in [1.82, 2.24) is 9.78 Å². The Balaban J connectivity index is 2.76. The molecule has 0 spiro atoms. The lowest BCUT2D eigenvalue weighted by Gasteiger charge is -2.19. The summed E-state index contributed by atoms with van der Waals surface area (Å²) in [5.41, 5.74) is -1.35. The molecule has 17 heavy (non-hydrogen) atoms. The van der Waals surface area contributed by atoms with E-state index in [1.54, 1.807) is 0 Å². The lowest BCUT2D eigenvalue weighted by Crippen LogP contribution is -2.35. The Morgan fingerprint density at radius 2 is 2.12 bits per heavy atom. The molecule has 0 aliphatic heterocycles. The first kappa shape index (κ1) is 13.3. The van der Waals surface area contributed by atoms with Gasteiger partial charge in [-0.3, -0.25) is 4.68 Å². The first-order chi connectivity index (χ1) is 7.63. The summed E-state index contributed by atoms with van der Waals surface area (Å²) in [6, 6.07) is 0. The maximum Gasteiger partial charge on any atom is 0.422 e. The number of rotatable bonds is 4. The van der Waals surface area contributed by atoms with Crippen LogP contribution < -0.4 is 4.74 Å². The summed E-state index contributed by atoms with van der Waals surface area (Å²) >= 11 is 0. The maximum absolute atomic E-state index is 11.9. The largest absolute Gasteiger partial charge is 0.481 e. The number of ether oxygens (including phenoxy) is 1. The SMILES string of the molecule is CC(C)(C(=O)O)n1cc(OCC(F)(F)F)cn1. The van der Waals surface area contributed by atoms with Crippen molar-refractivity contribution in [3.05, 3.63) is 12.4 Å². The van der Waals surface area contributed by atoms with E-state index in [4.69, 9.17) is 5.11 Å². The predicted molar refractivity (Wildman–Crippen MR) is 50.7 cm³/mol. The molecule has 0 saturated carbocycles. The van der Waals surface area contributed by atoms with Crippen LogP contribution in [0.2, 0.25) is 0 Å². The van der Waals surface area contributed by atoms with Crippen molar-refractivity contribution in [2.24, 2.45) is 0 Å². The fourth-order valence-electron chi connectivity index (χ4n) is 0.950. The third-order valence-corrected chi connectivity index (χ3v) is 2.06. The van der Waals surface area contributed by atoms with E-state index in [2.05, 4.69) is 9.84 Å². The summed E-state index contributed by atoms with van der Waals surface area (Å²) in [6.45, 7) is 1.30. The number of nitrogens with zero attached hydrogens (tertiary/aromatic N) is 2. The second-order valence-corrected chi connectivity index (χ2v) is 3.89. The highest BCUT2D eigenvalue weighted by molar-refractivity contribution is 5.75. The molecule has 1 aromatic rings. The Labute approximate surface area is 94.8 Å². The minimum absolute atomic E-state index is 0.128. The van der Waals surface area contributed by atoms with Crippen LogP contribution >= 0.6 is 0 Å². The van der Waals surface area contributed by atoms with Crippen LogP contribution in [-0.4, -0.2) is 33.6 Å². The molecule has 0 aliphatic carbocycles. The van der Waals surface area contributed by atoms with Crippen molar-refractivity contribution in [2.75, 3.05) is 6.61 Å². The zero-order chi connectivity index (χ0) is 13.3. The molecule has 8 heteroatoms. The van der Waals surface area contributed by atoms with Crippen molar-refractivity contribution < 1.29 is 27.8 Å². The number of hydrogen-bond donors (Lipinski definition) is 1. The van der Waals surface area contributed by atoms with Crippen molar-refractivity contribution in [2.45, 2.75) is 25.6 Å². The smallest absolute Gasteiger partial charge is 0.422 e. The fourth-order valence-corrected chi connectivity index (χ4v) is 0.950. The highest BCUT2D eigenvalue weighted by atomic mass is 19.4. The van der Waals surface area contributed by atoms with Gasteiger partial charge < -0.3 is 9.84 Å². The van der Waals surface area contributed by atoms with E-state index in [1.807, 2.05) is 0 Å². The topological polar surface area (TPSA) is 64.3 Å². The molecule has 0 fully saturated rings. The number of alkyl halides is 3. The number of hydrogen-bond acceptors (Lipinski definition) is 3. The number of carboxylic acid groups (broad SMARTS) is 1. The monoisotopic (exact) mass is 252 g/mol. The van der Waals surface area contributed by atoms with Gasteiger partial charge in [-0.05, 0) is 13.8 Å². The van der Waals surface area contributed by atoms with Crippen LogP contribution in [0.3, 0.4) is 0 Å². The second kappa shape index (κ2) is 4.27. The molecule has 1 N–H and O–H groups in total.